The molecule has 0 atom stereocenters. The van der Waals surface area contributed by atoms with Gasteiger partial charge in [-0.2, -0.15) is 0 Å². The van der Waals surface area contributed by atoms with Crippen molar-refractivity contribution in [1.29, 1.82) is 0 Å². The van der Waals surface area contributed by atoms with E-state index in [0.717, 1.165) is 31.1 Å². The highest BCUT2D eigenvalue weighted by Gasteiger charge is 2.12. The number of rotatable bonds is 7. The molecular formula is C18H28FN3O. The molecule has 2 rings (SSSR count). The van der Waals surface area contributed by atoms with Crippen molar-refractivity contribution in [2.24, 2.45) is 4.99 Å². The van der Waals surface area contributed by atoms with Crippen molar-refractivity contribution in [2.75, 3.05) is 20.2 Å². The topological polar surface area (TPSA) is 45.7 Å². The summed E-state index contributed by atoms with van der Waals surface area (Å²) in [7, 11) is 1.74. The molecule has 5 heteroatoms. The van der Waals surface area contributed by atoms with Crippen LogP contribution in [0.2, 0.25) is 0 Å². The fraction of sp³-hybridized carbons (Fsp3) is 0.611. The van der Waals surface area contributed by atoms with Crippen LogP contribution in [-0.4, -0.2) is 32.3 Å². The van der Waals surface area contributed by atoms with Gasteiger partial charge in [0.15, 0.2) is 5.96 Å². The van der Waals surface area contributed by atoms with E-state index in [0.29, 0.717) is 12.6 Å². The Labute approximate surface area is 138 Å². The van der Waals surface area contributed by atoms with Crippen molar-refractivity contribution in [3.8, 4) is 0 Å². The summed E-state index contributed by atoms with van der Waals surface area (Å²) < 4.78 is 19.0. The van der Waals surface area contributed by atoms with Gasteiger partial charge in [-0.1, -0.05) is 31.4 Å². The van der Waals surface area contributed by atoms with Gasteiger partial charge in [0, 0.05) is 26.7 Å². The molecule has 2 N–H and O–H groups in total. The summed E-state index contributed by atoms with van der Waals surface area (Å²) in [6.07, 6.45) is 7.81. The summed E-state index contributed by atoms with van der Waals surface area (Å²) in [5, 5.41) is 6.44. The van der Waals surface area contributed by atoms with Crippen LogP contribution in [-0.2, 0) is 11.3 Å². The van der Waals surface area contributed by atoms with E-state index in [1.807, 2.05) is 6.07 Å². The third-order valence-electron chi connectivity index (χ3n) is 4.09. The Balaban J connectivity index is 1.57. The molecule has 0 aromatic heterocycles. The molecule has 1 aliphatic carbocycles. The average molecular weight is 321 g/mol. The first kappa shape index (κ1) is 17.7. The first-order chi connectivity index (χ1) is 11.3. The standard InChI is InChI=1S/C18H28FN3O/c1-20-18(22-14-15-7-5-8-16(19)13-15)21-11-6-12-23-17-9-3-2-4-10-17/h5,7-8,13,17H,2-4,6,9-12,14H2,1H3,(H2,20,21,22). The van der Waals surface area contributed by atoms with Crippen molar-refractivity contribution >= 4 is 5.96 Å². The Morgan fingerprint density at radius 1 is 1.26 bits per heavy atom. The van der Waals surface area contributed by atoms with Crippen molar-refractivity contribution < 1.29 is 9.13 Å². The van der Waals surface area contributed by atoms with Crippen LogP contribution in [0, 0.1) is 5.82 Å². The second-order valence-electron chi connectivity index (χ2n) is 5.97. The minimum absolute atomic E-state index is 0.216. The molecule has 1 fully saturated rings. The maximum absolute atomic E-state index is 13.1. The molecule has 1 aromatic carbocycles. The molecular weight excluding hydrogens is 293 g/mol. The van der Waals surface area contributed by atoms with Crippen LogP contribution in [0.3, 0.4) is 0 Å². The van der Waals surface area contributed by atoms with Crippen LogP contribution in [0.25, 0.3) is 0 Å². The molecule has 0 bridgehead atoms. The van der Waals surface area contributed by atoms with E-state index in [-0.39, 0.29) is 5.82 Å². The van der Waals surface area contributed by atoms with Gasteiger partial charge in [0.05, 0.1) is 6.10 Å². The SMILES string of the molecule is CN=C(NCCCOC1CCCCC1)NCc1cccc(F)c1. The van der Waals surface area contributed by atoms with Gasteiger partial charge in [0.2, 0.25) is 0 Å². The molecule has 0 unspecified atom stereocenters. The Hall–Kier alpha value is -1.62. The lowest BCUT2D eigenvalue weighted by molar-refractivity contribution is 0.0277. The van der Waals surface area contributed by atoms with Gasteiger partial charge < -0.3 is 15.4 Å². The number of nitrogens with one attached hydrogen (secondary N) is 2. The minimum atomic E-state index is -0.216. The highest BCUT2D eigenvalue weighted by Crippen LogP contribution is 2.20. The van der Waals surface area contributed by atoms with Crippen molar-refractivity contribution in [2.45, 2.75) is 51.2 Å². The highest BCUT2D eigenvalue weighted by molar-refractivity contribution is 5.79. The third kappa shape index (κ3) is 6.99. The van der Waals surface area contributed by atoms with E-state index in [4.69, 9.17) is 4.74 Å². The van der Waals surface area contributed by atoms with Crippen LogP contribution in [0.4, 0.5) is 4.39 Å². The van der Waals surface area contributed by atoms with Gasteiger partial charge in [-0.3, -0.25) is 4.99 Å². The van der Waals surface area contributed by atoms with Gasteiger partial charge in [-0.15, -0.1) is 0 Å². The largest absolute Gasteiger partial charge is 0.378 e. The second kappa shape index (κ2) is 10.2. The first-order valence-electron chi connectivity index (χ1n) is 8.58. The van der Waals surface area contributed by atoms with Crippen molar-refractivity contribution in [3.05, 3.63) is 35.6 Å². The van der Waals surface area contributed by atoms with Gasteiger partial charge >= 0.3 is 0 Å². The van der Waals surface area contributed by atoms with Crippen LogP contribution < -0.4 is 10.6 Å². The zero-order chi connectivity index (χ0) is 16.3. The van der Waals surface area contributed by atoms with E-state index in [9.17, 15) is 4.39 Å². The van der Waals surface area contributed by atoms with Crippen LogP contribution in [0.15, 0.2) is 29.3 Å². The third-order valence-corrected chi connectivity index (χ3v) is 4.09. The van der Waals surface area contributed by atoms with Crippen LogP contribution in [0.1, 0.15) is 44.1 Å². The zero-order valence-electron chi connectivity index (χ0n) is 14.0. The lowest BCUT2D eigenvalue weighted by atomic mass is 9.98. The van der Waals surface area contributed by atoms with Gasteiger partial charge in [-0.05, 0) is 37.0 Å². The maximum atomic E-state index is 13.1. The Morgan fingerprint density at radius 3 is 2.83 bits per heavy atom. The molecule has 1 aromatic rings. The molecule has 1 aliphatic rings. The Morgan fingerprint density at radius 2 is 2.09 bits per heavy atom. The van der Waals surface area contributed by atoms with Gasteiger partial charge in [0.25, 0.3) is 0 Å². The van der Waals surface area contributed by atoms with Crippen LogP contribution in [0.5, 0.6) is 0 Å². The molecule has 128 valence electrons. The molecule has 0 heterocycles. The number of nitrogens with zero attached hydrogens (tertiary/aromatic N) is 1. The molecule has 0 aliphatic heterocycles. The Kier molecular flexibility index (Phi) is 7.87. The summed E-state index contributed by atoms with van der Waals surface area (Å²) in [4.78, 5) is 4.17. The monoisotopic (exact) mass is 321 g/mol. The number of ether oxygens (including phenoxy) is 1. The molecule has 0 spiro atoms. The number of halogens is 1. The zero-order valence-corrected chi connectivity index (χ0v) is 14.0. The Bertz CT molecular complexity index is 487. The number of hydrogen-bond acceptors (Lipinski definition) is 2. The summed E-state index contributed by atoms with van der Waals surface area (Å²) in [5.41, 5.74) is 0.897. The number of aliphatic imine (C=N–C) groups is 1. The van der Waals surface area contributed by atoms with Crippen molar-refractivity contribution in [1.82, 2.24) is 10.6 Å². The predicted molar refractivity (Wildman–Crippen MR) is 92.0 cm³/mol. The molecule has 1 saturated carbocycles. The molecule has 0 saturated heterocycles. The normalized spacial score (nSPS) is 16.3. The summed E-state index contributed by atoms with van der Waals surface area (Å²) in [6, 6.07) is 6.58. The average Bonchev–Trinajstić information content (AvgIpc) is 2.58. The smallest absolute Gasteiger partial charge is 0.191 e. The quantitative estimate of drug-likeness (QED) is 0.460. The van der Waals surface area contributed by atoms with Crippen LogP contribution >= 0.6 is 0 Å². The number of guanidine groups is 1. The van der Waals surface area contributed by atoms with E-state index < -0.39 is 0 Å². The second-order valence-corrected chi connectivity index (χ2v) is 5.97. The van der Waals surface area contributed by atoms with E-state index in [1.54, 1.807) is 13.1 Å². The fourth-order valence-corrected chi connectivity index (χ4v) is 2.81. The molecule has 0 amide bonds. The van der Waals surface area contributed by atoms with Gasteiger partial charge in [0.1, 0.15) is 5.82 Å². The maximum Gasteiger partial charge on any atom is 0.191 e. The fourth-order valence-electron chi connectivity index (χ4n) is 2.81. The highest BCUT2D eigenvalue weighted by atomic mass is 19.1. The van der Waals surface area contributed by atoms with Crippen molar-refractivity contribution in [3.63, 3.8) is 0 Å². The predicted octanol–water partition coefficient (Wildman–Crippen LogP) is 3.23. The lowest BCUT2D eigenvalue weighted by Crippen LogP contribution is -2.37. The molecule has 23 heavy (non-hydrogen) atoms. The van der Waals surface area contributed by atoms with Gasteiger partial charge in [-0.25, -0.2) is 4.39 Å². The van der Waals surface area contributed by atoms with E-state index in [2.05, 4.69) is 15.6 Å². The summed E-state index contributed by atoms with van der Waals surface area (Å²) in [6.45, 7) is 2.16. The number of benzene rings is 1. The molecule has 4 nitrogen and oxygen atoms in total. The summed E-state index contributed by atoms with van der Waals surface area (Å²) in [5.74, 6) is 0.513. The lowest BCUT2D eigenvalue weighted by Gasteiger charge is -2.22. The number of hydrogen-bond donors (Lipinski definition) is 2. The minimum Gasteiger partial charge on any atom is -0.378 e. The van der Waals surface area contributed by atoms with E-state index >= 15 is 0 Å². The first-order valence-corrected chi connectivity index (χ1v) is 8.58. The molecule has 0 radical (unpaired) electrons. The van der Waals surface area contributed by atoms with E-state index in [1.165, 1.54) is 44.2 Å². The summed E-state index contributed by atoms with van der Waals surface area (Å²) >= 11 is 0.